The van der Waals surface area contributed by atoms with Crippen molar-refractivity contribution in [1.29, 1.82) is 0 Å². The van der Waals surface area contributed by atoms with Gasteiger partial charge in [-0.1, -0.05) is 41.5 Å². The van der Waals surface area contributed by atoms with Crippen LogP contribution in [0.25, 0.3) is 0 Å². The zero-order valence-corrected chi connectivity index (χ0v) is 11.1. The topological polar surface area (TPSA) is 9.23 Å². The fourth-order valence-corrected chi connectivity index (χ4v) is 3.87. The van der Waals surface area contributed by atoms with Crippen molar-refractivity contribution in [2.24, 2.45) is 22.7 Å². The van der Waals surface area contributed by atoms with Crippen LogP contribution in [0.1, 0.15) is 54.4 Å². The summed E-state index contributed by atoms with van der Waals surface area (Å²) in [5, 5.41) is 0. The van der Waals surface area contributed by atoms with Crippen molar-refractivity contribution in [2.45, 2.75) is 66.6 Å². The molecule has 0 N–H and O–H groups in total. The van der Waals surface area contributed by atoms with Gasteiger partial charge in [-0.15, -0.1) is 0 Å². The summed E-state index contributed by atoms with van der Waals surface area (Å²) in [6, 6.07) is 0. The van der Waals surface area contributed by atoms with Crippen LogP contribution in [0.3, 0.4) is 0 Å². The van der Waals surface area contributed by atoms with E-state index in [0.717, 1.165) is 11.8 Å². The van der Waals surface area contributed by atoms with Crippen molar-refractivity contribution in [3.8, 4) is 0 Å². The van der Waals surface area contributed by atoms with E-state index < -0.39 is 0 Å². The molecule has 0 saturated carbocycles. The fraction of sp³-hybridized carbons (Fsp3) is 1.00. The standard InChI is InChI=1S/C14H26O/c1-13(2,3)11-9-7-8-10(15-9)12(11)14(4,5)6/h9-12H,7-8H2,1-6H3/t9-,10+,11-,12-/m0/s1. The molecule has 2 fully saturated rings. The highest BCUT2D eigenvalue weighted by Gasteiger charge is 2.56. The maximum absolute atomic E-state index is 6.15. The molecule has 4 atom stereocenters. The molecule has 0 aromatic rings. The average molecular weight is 210 g/mol. The minimum absolute atomic E-state index is 0.387. The molecule has 2 rings (SSSR count). The minimum atomic E-state index is 0.387. The number of hydrogen-bond donors (Lipinski definition) is 0. The first-order valence-corrected chi connectivity index (χ1v) is 6.37. The van der Waals surface area contributed by atoms with Crippen LogP contribution in [0, 0.1) is 22.7 Å². The molecule has 2 heterocycles. The number of rotatable bonds is 0. The lowest BCUT2D eigenvalue weighted by molar-refractivity contribution is 0.0591. The molecule has 0 spiro atoms. The van der Waals surface area contributed by atoms with E-state index in [0.29, 0.717) is 23.0 Å². The Morgan fingerprint density at radius 2 is 1.07 bits per heavy atom. The Bertz CT molecular complexity index is 217. The van der Waals surface area contributed by atoms with Gasteiger partial charge in [0, 0.05) is 0 Å². The van der Waals surface area contributed by atoms with Crippen LogP contribution in [0.4, 0.5) is 0 Å². The lowest BCUT2D eigenvalue weighted by atomic mass is 9.59. The summed E-state index contributed by atoms with van der Waals surface area (Å²) in [6.07, 6.45) is 3.66. The normalized spacial score (nSPS) is 41.2. The number of hydrogen-bond acceptors (Lipinski definition) is 1. The molecule has 0 unspecified atom stereocenters. The van der Waals surface area contributed by atoms with Gasteiger partial charge < -0.3 is 4.74 Å². The molecule has 2 aliphatic heterocycles. The van der Waals surface area contributed by atoms with Crippen LogP contribution in [0.15, 0.2) is 0 Å². The highest BCUT2D eigenvalue weighted by atomic mass is 16.5. The van der Waals surface area contributed by atoms with Crippen molar-refractivity contribution in [3.05, 3.63) is 0 Å². The van der Waals surface area contributed by atoms with Crippen LogP contribution >= 0.6 is 0 Å². The second-order valence-corrected chi connectivity index (χ2v) is 7.57. The molecule has 2 bridgehead atoms. The van der Waals surface area contributed by atoms with Crippen LogP contribution < -0.4 is 0 Å². The number of ether oxygens (including phenoxy) is 1. The van der Waals surface area contributed by atoms with Gasteiger partial charge in [0.15, 0.2) is 0 Å². The van der Waals surface area contributed by atoms with E-state index in [2.05, 4.69) is 41.5 Å². The zero-order chi connectivity index (χ0) is 11.4. The Morgan fingerprint density at radius 3 is 1.33 bits per heavy atom. The van der Waals surface area contributed by atoms with Crippen molar-refractivity contribution >= 4 is 0 Å². The third kappa shape index (κ3) is 1.84. The van der Waals surface area contributed by atoms with E-state index >= 15 is 0 Å². The summed E-state index contributed by atoms with van der Waals surface area (Å²) < 4.78 is 6.15. The smallest absolute Gasteiger partial charge is 0.0617 e. The Balaban J connectivity index is 2.28. The summed E-state index contributed by atoms with van der Waals surface area (Å²) in [4.78, 5) is 0. The molecule has 0 aliphatic carbocycles. The lowest BCUT2D eigenvalue weighted by Crippen LogP contribution is -2.42. The summed E-state index contributed by atoms with van der Waals surface area (Å²) in [5.41, 5.74) is 0.773. The summed E-state index contributed by atoms with van der Waals surface area (Å²) >= 11 is 0. The Labute approximate surface area is 94.6 Å². The fourth-order valence-electron chi connectivity index (χ4n) is 3.87. The Hall–Kier alpha value is -0.0400. The van der Waals surface area contributed by atoms with Crippen LogP contribution in [0.5, 0.6) is 0 Å². The molecule has 15 heavy (non-hydrogen) atoms. The van der Waals surface area contributed by atoms with Gasteiger partial charge in [0.1, 0.15) is 0 Å². The van der Waals surface area contributed by atoms with Gasteiger partial charge >= 0.3 is 0 Å². The SMILES string of the molecule is CC(C)(C)[C@@H]1[C@@H](C(C)(C)C)[C@H]2CC[C@@H]1O2. The van der Waals surface area contributed by atoms with Crippen LogP contribution in [-0.4, -0.2) is 12.2 Å². The van der Waals surface area contributed by atoms with Crippen molar-refractivity contribution in [3.63, 3.8) is 0 Å². The molecule has 1 nitrogen and oxygen atoms in total. The summed E-state index contributed by atoms with van der Waals surface area (Å²) in [7, 11) is 0. The van der Waals surface area contributed by atoms with E-state index in [1.54, 1.807) is 0 Å². The van der Waals surface area contributed by atoms with E-state index in [1.165, 1.54) is 12.8 Å². The minimum Gasteiger partial charge on any atom is -0.374 e. The first-order chi connectivity index (χ1) is 6.71. The highest BCUT2D eigenvalue weighted by Crippen LogP contribution is 2.56. The van der Waals surface area contributed by atoms with Crippen LogP contribution in [-0.2, 0) is 4.74 Å². The van der Waals surface area contributed by atoms with Crippen LogP contribution in [0.2, 0.25) is 0 Å². The predicted octanol–water partition coefficient (Wildman–Crippen LogP) is 3.87. The van der Waals surface area contributed by atoms with Gasteiger partial charge in [0.25, 0.3) is 0 Å². The largest absolute Gasteiger partial charge is 0.374 e. The van der Waals surface area contributed by atoms with Gasteiger partial charge in [0.2, 0.25) is 0 Å². The quantitative estimate of drug-likeness (QED) is 0.589. The van der Waals surface area contributed by atoms with Gasteiger partial charge in [-0.2, -0.15) is 0 Å². The molecular formula is C14H26O. The summed E-state index contributed by atoms with van der Waals surface area (Å²) in [6.45, 7) is 14.3. The highest BCUT2D eigenvalue weighted by molar-refractivity contribution is 5.04. The molecular weight excluding hydrogens is 184 g/mol. The Morgan fingerprint density at radius 1 is 0.733 bits per heavy atom. The monoisotopic (exact) mass is 210 g/mol. The number of fused-ring (bicyclic) bond motifs is 2. The third-order valence-electron chi connectivity index (χ3n) is 4.27. The molecule has 0 aromatic heterocycles. The van der Waals surface area contributed by atoms with Gasteiger partial charge in [0.05, 0.1) is 12.2 Å². The second kappa shape index (κ2) is 3.23. The van der Waals surface area contributed by atoms with E-state index in [1.807, 2.05) is 0 Å². The second-order valence-electron chi connectivity index (χ2n) is 7.57. The predicted molar refractivity (Wildman–Crippen MR) is 63.8 cm³/mol. The molecule has 1 heteroatoms. The molecule has 2 saturated heterocycles. The third-order valence-corrected chi connectivity index (χ3v) is 4.27. The average Bonchev–Trinajstić information content (AvgIpc) is 2.56. The first kappa shape index (κ1) is 11.4. The van der Waals surface area contributed by atoms with Gasteiger partial charge in [-0.25, -0.2) is 0 Å². The van der Waals surface area contributed by atoms with Crippen molar-refractivity contribution < 1.29 is 4.74 Å². The van der Waals surface area contributed by atoms with E-state index in [4.69, 9.17) is 4.74 Å². The van der Waals surface area contributed by atoms with Gasteiger partial charge in [-0.3, -0.25) is 0 Å². The van der Waals surface area contributed by atoms with E-state index in [-0.39, 0.29) is 0 Å². The molecule has 88 valence electrons. The van der Waals surface area contributed by atoms with Gasteiger partial charge in [-0.05, 0) is 35.5 Å². The maximum atomic E-state index is 6.15. The van der Waals surface area contributed by atoms with Crippen molar-refractivity contribution in [2.75, 3.05) is 0 Å². The zero-order valence-electron chi connectivity index (χ0n) is 11.1. The van der Waals surface area contributed by atoms with E-state index in [9.17, 15) is 0 Å². The molecule has 0 amide bonds. The Kier molecular flexibility index (Phi) is 2.46. The molecule has 0 radical (unpaired) electrons. The summed E-state index contributed by atoms with van der Waals surface area (Å²) in [5.74, 6) is 1.49. The lowest BCUT2D eigenvalue weighted by Gasteiger charge is -2.44. The first-order valence-electron chi connectivity index (χ1n) is 6.37. The maximum Gasteiger partial charge on any atom is 0.0617 e. The molecule has 0 aromatic carbocycles. The van der Waals surface area contributed by atoms with Crippen molar-refractivity contribution in [1.82, 2.24) is 0 Å². The molecule has 2 aliphatic rings.